The molecular formula is C24H29NO. The Morgan fingerprint density at radius 3 is 2.50 bits per heavy atom. The first-order valence-corrected chi connectivity index (χ1v) is 10.1. The van der Waals surface area contributed by atoms with Gasteiger partial charge < -0.3 is 4.84 Å². The SMILES string of the molecule is Cc1ccc(C2=NOC3(CCCCCC(c4ccccc4)CC3)C2)cc1. The molecule has 136 valence electrons. The molecule has 0 radical (unpaired) electrons. The van der Waals surface area contributed by atoms with E-state index in [0.717, 1.165) is 25.0 Å². The molecular weight excluding hydrogens is 318 g/mol. The average Bonchev–Trinajstić information content (AvgIpc) is 3.13. The molecule has 4 rings (SSSR count). The number of benzene rings is 2. The highest BCUT2D eigenvalue weighted by Crippen LogP contribution is 2.40. The summed E-state index contributed by atoms with van der Waals surface area (Å²) < 4.78 is 0. The molecule has 0 N–H and O–H groups in total. The molecule has 0 aromatic heterocycles. The smallest absolute Gasteiger partial charge is 0.143 e. The largest absolute Gasteiger partial charge is 0.389 e. The summed E-state index contributed by atoms with van der Waals surface area (Å²) in [5.74, 6) is 0.651. The van der Waals surface area contributed by atoms with Crippen LogP contribution in [0.3, 0.4) is 0 Å². The van der Waals surface area contributed by atoms with Crippen molar-refractivity contribution >= 4 is 5.71 Å². The maximum Gasteiger partial charge on any atom is 0.143 e. The lowest BCUT2D eigenvalue weighted by atomic mass is 9.82. The fraction of sp³-hybridized carbons (Fsp3) is 0.458. The Hall–Kier alpha value is -2.09. The fourth-order valence-corrected chi connectivity index (χ4v) is 4.47. The molecule has 2 aliphatic rings. The molecule has 0 bridgehead atoms. The van der Waals surface area contributed by atoms with Gasteiger partial charge in [-0.2, -0.15) is 0 Å². The van der Waals surface area contributed by atoms with Gasteiger partial charge in [-0.3, -0.25) is 0 Å². The third-order valence-corrected chi connectivity index (χ3v) is 6.13. The van der Waals surface area contributed by atoms with Crippen molar-refractivity contribution in [2.45, 2.75) is 69.8 Å². The summed E-state index contributed by atoms with van der Waals surface area (Å²) in [5.41, 5.74) is 5.03. The minimum Gasteiger partial charge on any atom is -0.389 e. The molecule has 1 fully saturated rings. The molecule has 0 amide bonds. The Kier molecular flexibility index (Phi) is 5.10. The van der Waals surface area contributed by atoms with E-state index in [-0.39, 0.29) is 5.60 Å². The number of hydrogen-bond acceptors (Lipinski definition) is 2. The van der Waals surface area contributed by atoms with Gasteiger partial charge in [0, 0.05) is 6.42 Å². The van der Waals surface area contributed by atoms with Gasteiger partial charge in [-0.05, 0) is 56.1 Å². The maximum absolute atomic E-state index is 6.14. The van der Waals surface area contributed by atoms with Crippen LogP contribution in [0.4, 0.5) is 0 Å². The highest BCUT2D eigenvalue weighted by Gasteiger charge is 2.39. The number of rotatable bonds is 2. The first kappa shape index (κ1) is 17.3. The third kappa shape index (κ3) is 3.85. The standard InChI is InChI=1S/C24H29NO/c1-19-11-13-22(14-12-19)23-18-24(26-25-23)16-7-3-6-10-21(15-17-24)20-8-4-2-5-9-20/h2,4-5,8-9,11-14,21H,3,6-7,10,15-18H2,1H3. The zero-order valence-corrected chi connectivity index (χ0v) is 15.8. The van der Waals surface area contributed by atoms with Gasteiger partial charge in [0.1, 0.15) is 5.60 Å². The molecule has 2 aromatic rings. The van der Waals surface area contributed by atoms with Crippen molar-refractivity contribution in [3.63, 3.8) is 0 Å². The molecule has 2 unspecified atom stereocenters. The average molecular weight is 348 g/mol. The highest BCUT2D eigenvalue weighted by molar-refractivity contribution is 6.01. The molecule has 1 aliphatic carbocycles. The lowest BCUT2D eigenvalue weighted by Crippen LogP contribution is -2.29. The Labute approximate surface area is 157 Å². The van der Waals surface area contributed by atoms with Gasteiger partial charge in [0.15, 0.2) is 0 Å². The minimum atomic E-state index is -0.0857. The first-order chi connectivity index (χ1) is 12.7. The van der Waals surface area contributed by atoms with E-state index in [0.29, 0.717) is 5.92 Å². The number of hydrogen-bond donors (Lipinski definition) is 0. The molecule has 1 heterocycles. The van der Waals surface area contributed by atoms with Crippen LogP contribution in [0.1, 0.15) is 74.0 Å². The molecule has 26 heavy (non-hydrogen) atoms. The fourth-order valence-electron chi connectivity index (χ4n) is 4.47. The van der Waals surface area contributed by atoms with E-state index < -0.39 is 0 Å². The van der Waals surface area contributed by atoms with Gasteiger partial charge in [0.25, 0.3) is 0 Å². The van der Waals surface area contributed by atoms with Crippen molar-refractivity contribution in [1.29, 1.82) is 0 Å². The molecule has 1 aliphatic heterocycles. The monoisotopic (exact) mass is 347 g/mol. The Morgan fingerprint density at radius 2 is 1.69 bits per heavy atom. The van der Waals surface area contributed by atoms with Crippen molar-refractivity contribution in [1.82, 2.24) is 0 Å². The summed E-state index contributed by atoms with van der Waals surface area (Å²) in [6.45, 7) is 2.13. The van der Waals surface area contributed by atoms with Gasteiger partial charge >= 0.3 is 0 Å². The van der Waals surface area contributed by atoms with Gasteiger partial charge in [0.2, 0.25) is 0 Å². The zero-order chi connectivity index (χ0) is 17.8. The normalized spacial score (nSPS) is 26.5. The van der Waals surface area contributed by atoms with Crippen LogP contribution in [0.5, 0.6) is 0 Å². The molecule has 2 heteroatoms. The van der Waals surface area contributed by atoms with E-state index in [1.54, 1.807) is 0 Å². The van der Waals surface area contributed by atoms with Crippen LogP contribution in [0.25, 0.3) is 0 Å². The van der Waals surface area contributed by atoms with Crippen LogP contribution in [0.15, 0.2) is 59.8 Å². The number of nitrogens with zero attached hydrogens (tertiary/aromatic N) is 1. The summed E-state index contributed by atoms with van der Waals surface area (Å²) in [6.07, 6.45) is 9.55. The quantitative estimate of drug-likeness (QED) is 0.617. The summed E-state index contributed by atoms with van der Waals surface area (Å²) >= 11 is 0. The lowest BCUT2D eigenvalue weighted by molar-refractivity contribution is -0.0345. The Balaban J connectivity index is 1.48. The second-order valence-corrected chi connectivity index (χ2v) is 8.10. The number of oxime groups is 1. The van der Waals surface area contributed by atoms with Gasteiger partial charge in [-0.25, -0.2) is 0 Å². The van der Waals surface area contributed by atoms with Crippen LogP contribution < -0.4 is 0 Å². The molecule has 1 spiro atoms. The maximum atomic E-state index is 6.14. The van der Waals surface area contributed by atoms with Gasteiger partial charge in [-0.15, -0.1) is 0 Å². The van der Waals surface area contributed by atoms with E-state index in [1.165, 1.54) is 48.8 Å². The van der Waals surface area contributed by atoms with E-state index in [9.17, 15) is 0 Å². The second-order valence-electron chi connectivity index (χ2n) is 8.10. The van der Waals surface area contributed by atoms with Crippen LogP contribution >= 0.6 is 0 Å². The van der Waals surface area contributed by atoms with Crippen molar-refractivity contribution in [3.05, 3.63) is 71.3 Å². The topological polar surface area (TPSA) is 21.6 Å². The van der Waals surface area contributed by atoms with Crippen LogP contribution in [0, 0.1) is 6.92 Å². The third-order valence-electron chi connectivity index (χ3n) is 6.13. The number of aryl methyl sites for hydroxylation is 1. The molecule has 1 saturated carbocycles. The zero-order valence-electron chi connectivity index (χ0n) is 15.8. The Morgan fingerprint density at radius 1 is 0.885 bits per heavy atom. The predicted octanol–water partition coefficient (Wildman–Crippen LogP) is 6.39. The summed E-state index contributed by atoms with van der Waals surface area (Å²) in [5, 5.41) is 4.53. The van der Waals surface area contributed by atoms with Crippen molar-refractivity contribution in [3.8, 4) is 0 Å². The predicted molar refractivity (Wildman–Crippen MR) is 108 cm³/mol. The first-order valence-electron chi connectivity index (χ1n) is 10.1. The Bertz CT molecular complexity index is 750. The van der Waals surface area contributed by atoms with E-state index in [1.807, 2.05) is 0 Å². The molecule has 2 atom stereocenters. The summed E-state index contributed by atoms with van der Waals surface area (Å²) in [4.78, 5) is 6.14. The van der Waals surface area contributed by atoms with Crippen LogP contribution in [-0.4, -0.2) is 11.3 Å². The second kappa shape index (κ2) is 7.65. The van der Waals surface area contributed by atoms with Crippen molar-refractivity contribution < 1.29 is 4.84 Å². The summed E-state index contributed by atoms with van der Waals surface area (Å²) in [7, 11) is 0. The summed E-state index contributed by atoms with van der Waals surface area (Å²) in [6, 6.07) is 19.7. The highest BCUT2D eigenvalue weighted by atomic mass is 16.7. The minimum absolute atomic E-state index is 0.0857. The van der Waals surface area contributed by atoms with Crippen molar-refractivity contribution in [2.24, 2.45) is 5.16 Å². The van der Waals surface area contributed by atoms with Crippen LogP contribution in [-0.2, 0) is 4.84 Å². The van der Waals surface area contributed by atoms with Gasteiger partial charge in [-0.1, -0.05) is 78.2 Å². The lowest BCUT2D eigenvalue weighted by Gasteiger charge is -2.27. The molecule has 2 aromatic carbocycles. The molecule has 2 nitrogen and oxygen atoms in total. The van der Waals surface area contributed by atoms with Gasteiger partial charge in [0.05, 0.1) is 5.71 Å². The van der Waals surface area contributed by atoms with Crippen molar-refractivity contribution in [2.75, 3.05) is 0 Å². The molecule has 0 saturated heterocycles. The van der Waals surface area contributed by atoms with E-state index >= 15 is 0 Å². The van der Waals surface area contributed by atoms with E-state index in [2.05, 4.69) is 66.7 Å². The van der Waals surface area contributed by atoms with E-state index in [4.69, 9.17) is 4.84 Å². The van der Waals surface area contributed by atoms with Crippen LogP contribution in [0.2, 0.25) is 0 Å².